The van der Waals surface area contributed by atoms with Crippen molar-refractivity contribution < 1.29 is 38.1 Å². The van der Waals surface area contributed by atoms with Crippen molar-refractivity contribution in [3.05, 3.63) is 57.7 Å². The number of nitrogens with zero attached hydrogens (tertiary/aromatic N) is 1. The molecule has 214 valence electrons. The minimum absolute atomic E-state index is 0.0217. The average Bonchev–Trinajstić information content (AvgIpc) is 3.12. The van der Waals surface area contributed by atoms with Crippen LogP contribution in [0.2, 0.25) is 0 Å². The first-order valence-electron chi connectivity index (χ1n) is 12.8. The number of carbonyl (C=O) groups is 1. The molecule has 1 aromatic heterocycles. The van der Waals surface area contributed by atoms with Gasteiger partial charge in [0.05, 0.1) is 6.61 Å². The number of rotatable bonds is 10. The summed E-state index contributed by atoms with van der Waals surface area (Å²) in [6.45, 7) is 2.36. The Hall–Kier alpha value is -2.38. The number of hydrogen-bond donors (Lipinski definition) is 4. The van der Waals surface area contributed by atoms with Gasteiger partial charge in [0.1, 0.15) is 35.7 Å². The van der Waals surface area contributed by atoms with Gasteiger partial charge in [-0.25, -0.2) is 4.57 Å². The van der Waals surface area contributed by atoms with Crippen molar-refractivity contribution in [3.8, 4) is 5.75 Å². The van der Waals surface area contributed by atoms with Crippen LogP contribution in [0.1, 0.15) is 52.2 Å². The van der Waals surface area contributed by atoms with Crippen LogP contribution < -0.4 is 15.2 Å². The lowest BCUT2D eigenvalue weighted by molar-refractivity contribution is -0.152. The summed E-state index contributed by atoms with van der Waals surface area (Å²) in [5, 5.41) is 24.5. The largest absolute Gasteiger partial charge is 0.461 e. The molecule has 6 atom stereocenters. The molecule has 0 spiro atoms. The van der Waals surface area contributed by atoms with Gasteiger partial charge in [-0.3, -0.25) is 23.7 Å². The second kappa shape index (κ2) is 12.4. The van der Waals surface area contributed by atoms with Crippen molar-refractivity contribution >= 4 is 25.9 Å². The van der Waals surface area contributed by atoms with Gasteiger partial charge < -0.3 is 24.2 Å². The smallest absolute Gasteiger partial charge is 0.459 e. The van der Waals surface area contributed by atoms with Crippen molar-refractivity contribution in [1.82, 2.24) is 14.6 Å². The molecule has 2 heterocycles. The molecule has 39 heavy (non-hydrogen) atoms. The standard InChI is InChI=1S/C25H34N3O9PS/c1-16(22(31)35-17-9-5-3-6-10-17)27-38(33,37-18-11-7-4-8-12-18)34-15-19-21(30)25(2,32)23(36-19)28-14-13-20(29)26-24(28)39/h4,7-8,11-14,16-17,19,21,23,30,32H,3,5-6,9-10,15H2,1-2H3,(H,27,33)(H,26,29,39)/t16-,19+,21-,23+,25?,38?/m0/s1. The molecule has 1 saturated carbocycles. The van der Waals surface area contributed by atoms with Crippen LogP contribution >= 0.6 is 20.0 Å². The van der Waals surface area contributed by atoms with E-state index in [2.05, 4.69) is 10.1 Å². The van der Waals surface area contributed by atoms with E-state index in [1.165, 1.54) is 30.7 Å². The minimum Gasteiger partial charge on any atom is -0.461 e. The van der Waals surface area contributed by atoms with E-state index in [9.17, 15) is 24.4 Å². The third-order valence-electron chi connectivity index (χ3n) is 6.78. The zero-order valence-electron chi connectivity index (χ0n) is 21.7. The minimum atomic E-state index is -4.23. The molecule has 2 unspecified atom stereocenters. The number of benzene rings is 1. The van der Waals surface area contributed by atoms with Crippen molar-refractivity contribution in [2.45, 2.75) is 82.1 Å². The van der Waals surface area contributed by atoms with Crippen LogP contribution in [-0.4, -0.2) is 62.3 Å². The first-order valence-corrected chi connectivity index (χ1v) is 14.8. The van der Waals surface area contributed by atoms with E-state index in [1.807, 2.05) is 0 Å². The normalized spacial score (nSPS) is 27.9. The van der Waals surface area contributed by atoms with Crippen LogP contribution in [0.3, 0.4) is 0 Å². The lowest BCUT2D eigenvalue weighted by Gasteiger charge is -2.28. The van der Waals surface area contributed by atoms with E-state index >= 15 is 0 Å². The average molecular weight is 584 g/mol. The summed E-state index contributed by atoms with van der Waals surface area (Å²) in [5.41, 5.74) is -2.28. The number of aliphatic hydroxyl groups excluding tert-OH is 1. The van der Waals surface area contributed by atoms with E-state index in [0.717, 1.165) is 32.1 Å². The Morgan fingerprint density at radius 3 is 2.64 bits per heavy atom. The SMILES string of the molecule is C[C@H](NP(=O)(OC[C@H]1O[C@@H](n2ccc(=O)[nH]c2=S)C(C)(O)[C@H]1O)Oc1ccccc1)C(=O)OC1CCCCC1. The number of aromatic amines is 1. The summed E-state index contributed by atoms with van der Waals surface area (Å²) in [6, 6.07) is 8.42. The Balaban J connectivity index is 1.48. The summed E-state index contributed by atoms with van der Waals surface area (Å²) >= 11 is 5.17. The maximum atomic E-state index is 13.8. The molecule has 0 amide bonds. The van der Waals surface area contributed by atoms with Crippen molar-refractivity contribution in [2.24, 2.45) is 0 Å². The van der Waals surface area contributed by atoms with Crippen LogP contribution in [0.5, 0.6) is 5.75 Å². The first kappa shape index (κ1) is 29.6. The summed E-state index contributed by atoms with van der Waals surface area (Å²) in [7, 11) is -4.23. The molecular formula is C25H34N3O9PS. The van der Waals surface area contributed by atoms with Gasteiger partial charge in [-0.2, -0.15) is 5.09 Å². The summed E-state index contributed by atoms with van der Waals surface area (Å²) in [4.78, 5) is 26.7. The number of nitrogens with one attached hydrogen (secondary N) is 2. The highest BCUT2D eigenvalue weighted by Crippen LogP contribution is 2.47. The second-order valence-corrected chi connectivity index (χ2v) is 12.0. The third-order valence-corrected chi connectivity index (χ3v) is 8.73. The van der Waals surface area contributed by atoms with Gasteiger partial charge in [-0.05, 0) is 63.9 Å². The second-order valence-electron chi connectivity index (χ2n) is 9.96. The zero-order valence-corrected chi connectivity index (χ0v) is 23.4. The number of aliphatic hydroxyl groups is 2. The van der Waals surface area contributed by atoms with Gasteiger partial charge in [0.25, 0.3) is 5.56 Å². The fourth-order valence-electron chi connectivity index (χ4n) is 4.61. The molecule has 1 aliphatic carbocycles. The Morgan fingerprint density at radius 1 is 1.28 bits per heavy atom. The molecule has 0 bridgehead atoms. The lowest BCUT2D eigenvalue weighted by Crippen LogP contribution is -2.45. The highest BCUT2D eigenvalue weighted by atomic mass is 32.1. The van der Waals surface area contributed by atoms with Gasteiger partial charge in [0.2, 0.25) is 0 Å². The fraction of sp³-hybridized carbons (Fsp3) is 0.560. The molecule has 14 heteroatoms. The predicted octanol–water partition coefficient (Wildman–Crippen LogP) is 2.97. The Bertz CT molecular complexity index is 1300. The zero-order chi connectivity index (χ0) is 28.2. The number of ether oxygens (including phenoxy) is 2. The number of aromatic nitrogens is 2. The highest BCUT2D eigenvalue weighted by molar-refractivity contribution is 7.71. The molecule has 2 aliphatic rings. The molecule has 1 aliphatic heterocycles. The maximum Gasteiger partial charge on any atom is 0.459 e. The Kier molecular flexibility index (Phi) is 9.43. The highest BCUT2D eigenvalue weighted by Gasteiger charge is 2.54. The molecule has 2 aromatic rings. The van der Waals surface area contributed by atoms with Crippen molar-refractivity contribution in [3.63, 3.8) is 0 Å². The first-order chi connectivity index (χ1) is 18.5. The van der Waals surface area contributed by atoms with E-state index in [1.54, 1.807) is 30.3 Å². The molecule has 1 aromatic carbocycles. The molecule has 4 N–H and O–H groups in total. The van der Waals surface area contributed by atoms with Gasteiger partial charge >= 0.3 is 13.7 Å². The van der Waals surface area contributed by atoms with Gasteiger partial charge in [-0.15, -0.1) is 0 Å². The van der Waals surface area contributed by atoms with Crippen LogP contribution in [0.4, 0.5) is 0 Å². The van der Waals surface area contributed by atoms with Gasteiger partial charge in [0, 0.05) is 12.3 Å². The fourth-order valence-corrected chi connectivity index (χ4v) is 6.37. The van der Waals surface area contributed by atoms with Crippen LogP contribution in [-0.2, 0) is 23.4 Å². The number of carbonyl (C=O) groups excluding carboxylic acids is 1. The Morgan fingerprint density at radius 2 is 1.97 bits per heavy atom. The molecule has 0 radical (unpaired) electrons. The monoisotopic (exact) mass is 583 g/mol. The molecule has 4 rings (SSSR count). The number of H-pyrrole nitrogens is 1. The van der Waals surface area contributed by atoms with Crippen molar-refractivity contribution in [2.75, 3.05) is 6.61 Å². The van der Waals surface area contributed by atoms with E-state index in [4.69, 9.17) is 30.7 Å². The van der Waals surface area contributed by atoms with Crippen LogP contribution in [0, 0.1) is 4.77 Å². The third kappa shape index (κ3) is 7.23. The van der Waals surface area contributed by atoms with Crippen molar-refractivity contribution in [1.29, 1.82) is 0 Å². The summed E-state index contributed by atoms with van der Waals surface area (Å²) in [5.74, 6) is -0.367. The summed E-state index contributed by atoms with van der Waals surface area (Å²) < 4.78 is 37.8. The van der Waals surface area contributed by atoms with Gasteiger partial charge in [0.15, 0.2) is 11.0 Å². The molecule has 2 fully saturated rings. The topological polar surface area (TPSA) is 161 Å². The number of para-hydroxylation sites is 1. The van der Waals surface area contributed by atoms with E-state index < -0.39 is 56.0 Å². The molecule has 12 nitrogen and oxygen atoms in total. The van der Waals surface area contributed by atoms with Crippen LogP contribution in [0.25, 0.3) is 0 Å². The Labute approximate surface area is 230 Å². The van der Waals surface area contributed by atoms with E-state index in [-0.39, 0.29) is 16.6 Å². The summed E-state index contributed by atoms with van der Waals surface area (Å²) in [6.07, 6.45) is 1.94. The van der Waals surface area contributed by atoms with E-state index in [0.29, 0.717) is 0 Å². The number of esters is 1. The molecular weight excluding hydrogens is 549 g/mol. The van der Waals surface area contributed by atoms with Crippen LogP contribution in [0.15, 0.2) is 47.4 Å². The van der Waals surface area contributed by atoms with Gasteiger partial charge in [-0.1, -0.05) is 24.6 Å². The predicted molar refractivity (Wildman–Crippen MR) is 143 cm³/mol. The number of hydrogen-bond acceptors (Lipinski definition) is 10. The maximum absolute atomic E-state index is 13.8. The molecule has 1 saturated heterocycles. The quantitative estimate of drug-likeness (QED) is 0.185. The lowest BCUT2D eigenvalue weighted by atomic mass is 9.96.